The number of benzene rings is 3. The van der Waals surface area contributed by atoms with E-state index in [-0.39, 0.29) is 29.1 Å². The first-order valence-corrected chi connectivity index (χ1v) is 14.7. The van der Waals surface area contributed by atoms with Crippen molar-refractivity contribution in [3.05, 3.63) is 87.2 Å². The van der Waals surface area contributed by atoms with Crippen LogP contribution in [0.2, 0.25) is 10.0 Å². The van der Waals surface area contributed by atoms with Gasteiger partial charge in [0.2, 0.25) is 11.8 Å². The van der Waals surface area contributed by atoms with Gasteiger partial charge in [-0.2, -0.15) is 5.10 Å². The molecule has 4 aromatic rings. The van der Waals surface area contributed by atoms with Crippen LogP contribution in [0, 0.1) is 17.7 Å². The Bertz CT molecular complexity index is 1850. The van der Waals surface area contributed by atoms with Crippen molar-refractivity contribution in [2.24, 2.45) is 11.8 Å². The lowest BCUT2D eigenvalue weighted by molar-refractivity contribution is -0.128. The summed E-state index contributed by atoms with van der Waals surface area (Å²) < 4.78 is 24.3. The second kappa shape index (κ2) is 8.92. The van der Waals surface area contributed by atoms with Gasteiger partial charge in [-0.3, -0.25) is 9.69 Å². The predicted octanol–water partition coefficient (Wildman–Crippen LogP) is 6.09. The van der Waals surface area contributed by atoms with Crippen LogP contribution in [-0.4, -0.2) is 50.9 Å². The lowest BCUT2D eigenvalue weighted by Crippen LogP contribution is -2.54. The first kappa shape index (κ1) is 26.0. The number of carboxylic acids is 1. The number of ether oxygens (including phenoxy) is 1. The molecule has 4 aliphatic rings. The minimum absolute atomic E-state index is 0.0350. The van der Waals surface area contributed by atoms with Crippen LogP contribution in [0.5, 0.6) is 5.88 Å². The number of aromatic nitrogens is 2. The molecule has 3 aromatic carbocycles. The summed E-state index contributed by atoms with van der Waals surface area (Å²) in [5.74, 6) is -1.35. The van der Waals surface area contributed by atoms with Gasteiger partial charge in [0.05, 0.1) is 33.6 Å². The zero-order valence-electron chi connectivity index (χ0n) is 22.4. The molecule has 1 amide bonds. The molecule has 0 bridgehead atoms. The minimum atomic E-state index is -1.31. The highest BCUT2D eigenvalue weighted by atomic mass is 35.5. The number of fused-ring (bicyclic) bond motifs is 7. The van der Waals surface area contributed by atoms with Crippen LogP contribution in [0.15, 0.2) is 54.6 Å². The molecule has 8 rings (SSSR count). The molecule has 4 heterocycles. The number of carboxylic acid groups (broad SMARTS) is 1. The van der Waals surface area contributed by atoms with Crippen molar-refractivity contribution in [2.75, 3.05) is 18.5 Å². The van der Waals surface area contributed by atoms with Gasteiger partial charge >= 0.3 is 5.97 Å². The van der Waals surface area contributed by atoms with Crippen molar-refractivity contribution < 1.29 is 23.8 Å². The molecule has 1 aliphatic carbocycles. The molecule has 2 unspecified atom stereocenters. The third-order valence-electron chi connectivity index (χ3n) is 9.62. The van der Waals surface area contributed by atoms with Gasteiger partial charge in [0.1, 0.15) is 18.0 Å². The molecule has 214 valence electrons. The maximum Gasteiger partial charge on any atom is 0.335 e. The van der Waals surface area contributed by atoms with Crippen molar-refractivity contribution in [3.8, 4) is 5.88 Å². The number of likely N-dealkylation sites (tertiary alicyclic amines) is 1. The van der Waals surface area contributed by atoms with Gasteiger partial charge in [0.15, 0.2) is 0 Å². The van der Waals surface area contributed by atoms with E-state index in [1.807, 2.05) is 6.07 Å². The van der Waals surface area contributed by atoms with Crippen LogP contribution in [0.25, 0.3) is 10.9 Å². The quantitative estimate of drug-likeness (QED) is 0.292. The van der Waals surface area contributed by atoms with E-state index in [2.05, 4.69) is 17.1 Å². The summed E-state index contributed by atoms with van der Waals surface area (Å²) in [5.41, 5.74) is 0.849. The third kappa shape index (κ3) is 3.41. The zero-order chi connectivity index (χ0) is 29.1. The van der Waals surface area contributed by atoms with Crippen LogP contribution in [0.1, 0.15) is 46.8 Å². The number of amides is 1. The first-order valence-electron chi connectivity index (χ1n) is 13.9. The van der Waals surface area contributed by atoms with E-state index < -0.39 is 29.3 Å². The smallest absolute Gasteiger partial charge is 0.335 e. The Balaban J connectivity index is 1.43. The summed E-state index contributed by atoms with van der Waals surface area (Å²) in [4.78, 5) is 28.4. The Morgan fingerprint density at radius 1 is 1.21 bits per heavy atom. The maximum atomic E-state index is 16.2. The number of halogens is 3. The van der Waals surface area contributed by atoms with Crippen LogP contribution in [-0.2, 0) is 10.3 Å². The van der Waals surface area contributed by atoms with Gasteiger partial charge in [0.25, 0.3) is 0 Å². The van der Waals surface area contributed by atoms with Gasteiger partial charge in [-0.15, -0.1) is 0 Å². The van der Waals surface area contributed by atoms with E-state index in [1.165, 1.54) is 18.2 Å². The Morgan fingerprint density at radius 3 is 2.79 bits per heavy atom. The van der Waals surface area contributed by atoms with Crippen molar-refractivity contribution in [1.29, 1.82) is 0 Å². The topological polar surface area (TPSA) is 96.7 Å². The molecule has 2 N–H and O–H groups in total. The molecular formula is C31H25Cl2FN4O4. The second-order valence-electron chi connectivity index (χ2n) is 11.8. The minimum Gasteiger partial charge on any atom is -0.478 e. The summed E-state index contributed by atoms with van der Waals surface area (Å²) in [7, 11) is 0. The van der Waals surface area contributed by atoms with E-state index in [0.29, 0.717) is 51.4 Å². The molecule has 0 radical (unpaired) electrons. The fourth-order valence-corrected chi connectivity index (χ4v) is 7.91. The summed E-state index contributed by atoms with van der Waals surface area (Å²) in [6.07, 6.45) is 1.03. The Kier molecular flexibility index (Phi) is 5.52. The second-order valence-corrected chi connectivity index (χ2v) is 12.7. The highest BCUT2D eigenvalue weighted by Gasteiger charge is 2.69. The lowest BCUT2D eigenvalue weighted by Gasteiger charge is -2.39. The predicted molar refractivity (Wildman–Crippen MR) is 155 cm³/mol. The summed E-state index contributed by atoms with van der Waals surface area (Å²) >= 11 is 12.7. The molecule has 1 saturated carbocycles. The van der Waals surface area contributed by atoms with Gasteiger partial charge < -0.3 is 15.2 Å². The van der Waals surface area contributed by atoms with E-state index in [4.69, 9.17) is 33.0 Å². The SMILES string of the molecule is CC1CC1CN1[C@H]2COc3c4ccc(C(=O)O)cc4nn3[C@H]2[C@H](c2cccc(Cl)c2F)[C@]12C(=O)Nc1cc(Cl)ccc12. The van der Waals surface area contributed by atoms with Crippen LogP contribution in [0.3, 0.4) is 0 Å². The number of carbonyl (C=O) groups excluding carboxylic acids is 1. The molecule has 1 saturated heterocycles. The van der Waals surface area contributed by atoms with E-state index in [1.54, 1.807) is 35.0 Å². The maximum absolute atomic E-state index is 16.2. The fourth-order valence-electron chi connectivity index (χ4n) is 7.55. The number of hydrogen-bond acceptors (Lipinski definition) is 5. The molecule has 11 heteroatoms. The van der Waals surface area contributed by atoms with E-state index in [0.717, 1.165) is 12.0 Å². The first-order chi connectivity index (χ1) is 20.2. The summed E-state index contributed by atoms with van der Waals surface area (Å²) in [5, 5.41) is 18.6. The highest BCUT2D eigenvalue weighted by molar-refractivity contribution is 6.31. The Morgan fingerprint density at radius 2 is 2.02 bits per heavy atom. The molecule has 3 aliphatic heterocycles. The molecule has 1 spiro atoms. The Hall–Kier alpha value is -3.66. The lowest BCUT2D eigenvalue weighted by atomic mass is 9.73. The molecule has 1 aromatic heterocycles. The summed E-state index contributed by atoms with van der Waals surface area (Å²) in [6, 6.07) is 14.0. The monoisotopic (exact) mass is 606 g/mol. The average Bonchev–Trinajstić information content (AvgIpc) is 3.29. The van der Waals surface area contributed by atoms with Crippen LogP contribution in [0.4, 0.5) is 10.1 Å². The normalized spacial score (nSPS) is 29.2. The number of nitrogens with one attached hydrogen (secondary N) is 1. The highest BCUT2D eigenvalue weighted by Crippen LogP contribution is 2.63. The molecule has 42 heavy (non-hydrogen) atoms. The van der Waals surface area contributed by atoms with E-state index in [9.17, 15) is 14.7 Å². The number of anilines is 1. The standard InChI is InChI=1S/C31H25Cl2FN4O4/c1-14-9-16(14)12-37-24-13-42-28-18-7-5-15(29(39)40)10-22(18)36-38(28)27(24)25(19-3-2-4-21(33)26(19)34)31(37)20-8-6-17(32)11-23(20)35-30(31)41/h2-8,10-11,14,16,24-25,27H,9,12-13H2,1H3,(H,35,41)(H,39,40)/t14?,16?,24-,25-,27+,31+/m0/s1. The fraction of sp³-hybridized carbons (Fsp3) is 0.323. The van der Waals surface area contributed by atoms with Crippen molar-refractivity contribution in [3.63, 3.8) is 0 Å². The number of nitrogens with zero attached hydrogens (tertiary/aromatic N) is 3. The Labute approximate surface area is 250 Å². The van der Waals surface area contributed by atoms with Gasteiger partial charge in [0, 0.05) is 28.7 Å². The number of rotatable bonds is 4. The molecule has 6 atom stereocenters. The zero-order valence-corrected chi connectivity index (χ0v) is 23.9. The molecule has 8 nitrogen and oxygen atoms in total. The average molecular weight is 607 g/mol. The van der Waals surface area contributed by atoms with Gasteiger partial charge in [-0.1, -0.05) is 48.3 Å². The summed E-state index contributed by atoms with van der Waals surface area (Å²) in [6.45, 7) is 3.04. The van der Waals surface area contributed by atoms with Crippen LogP contribution < -0.4 is 10.1 Å². The van der Waals surface area contributed by atoms with Crippen LogP contribution >= 0.6 is 23.2 Å². The molecular weight excluding hydrogens is 582 g/mol. The number of carbonyl (C=O) groups is 2. The van der Waals surface area contributed by atoms with Gasteiger partial charge in [-0.25, -0.2) is 13.9 Å². The van der Waals surface area contributed by atoms with Gasteiger partial charge in [-0.05, 0) is 60.2 Å². The number of hydrogen-bond donors (Lipinski definition) is 2. The van der Waals surface area contributed by atoms with Crippen molar-refractivity contribution in [1.82, 2.24) is 14.7 Å². The largest absolute Gasteiger partial charge is 0.478 e. The van der Waals surface area contributed by atoms with Crippen molar-refractivity contribution in [2.45, 2.75) is 36.9 Å². The molecule has 2 fully saturated rings. The van der Waals surface area contributed by atoms with E-state index >= 15 is 4.39 Å². The van der Waals surface area contributed by atoms with Crippen molar-refractivity contribution >= 4 is 51.7 Å². The number of aromatic carboxylic acids is 1. The third-order valence-corrected chi connectivity index (χ3v) is 10.1.